The zero-order valence-electron chi connectivity index (χ0n) is 21.0. The summed E-state index contributed by atoms with van der Waals surface area (Å²) in [5.74, 6) is 1.48. The van der Waals surface area contributed by atoms with E-state index in [0.717, 1.165) is 52.3 Å². The second-order valence-corrected chi connectivity index (χ2v) is 8.96. The smallest absolute Gasteiger partial charge is 0.249 e. The second kappa shape index (κ2) is 10.3. The molecule has 0 unspecified atom stereocenters. The van der Waals surface area contributed by atoms with Gasteiger partial charge in [0.15, 0.2) is 0 Å². The van der Waals surface area contributed by atoms with Gasteiger partial charge in [0.1, 0.15) is 0 Å². The quantitative estimate of drug-likeness (QED) is 0.251. The summed E-state index contributed by atoms with van der Waals surface area (Å²) in [7, 11) is 0. The van der Waals surface area contributed by atoms with Crippen molar-refractivity contribution in [1.82, 2.24) is 35.3 Å². The van der Waals surface area contributed by atoms with Crippen molar-refractivity contribution in [2.75, 3.05) is 0 Å². The van der Waals surface area contributed by atoms with Crippen molar-refractivity contribution >= 4 is 11.9 Å². The maximum atomic E-state index is 5.97. The van der Waals surface area contributed by atoms with Crippen LogP contribution in [0.1, 0.15) is 18.5 Å². The molecule has 0 aliphatic carbocycles. The number of aromatic nitrogens is 7. The fraction of sp³-hybridized carbons (Fsp3) is 0.0667. The highest BCUT2D eigenvalue weighted by atomic mass is 16.4. The molecule has 5 aromatic heterocycles. The molecule has 10 nitrogen and oxygen atoms in total. The van der Waals surface area contributed by atoms with Crippen LogP contribution in [0.4, 0.5) is 0 Å². The van der Waals surface area contributed by atoms with Crippen molar-refractivity contribution in [2.45, 2.75) is 12.8 Å². The van der Waals surface area contributed by atoms with Gasteiger partial charge in [-0.25, -0.2) is 0 Å². The molecule has 0 N–H and O–H groups in total. The van der Waals surface area contributed by atoms with E-state index < -0.39 is 0 Å². The summed E-state index contributed by atoms with van der Waals surface area (Å²) in [4.78, 5) is 17.7. The first-order valence-corrected chi connectivity index (χ1v) is 12.7. The van der Waals surface area contributed by atoms with E-state index >= 15 is 0 Å². The first-order chi connectivity index (χ1) is 19.8. The number of allylic oxidation sites excluding steroid dienone is 1. The van der Waals surface area contributed by atoms with E-state index in [1.807, 2.05) is 72.9 Å². The molecule has 192 valence electrons. The third-order valence-electron chi connectivity index (χ3n) is 6.28. The van der Waals surface area contributed by atoms with E-state index in [4.69, 9.17) is 8.83 Å². The molecule has 0 bridgehead atoms. The molecular formula is C30H20N8O2. The number of nitrogens with zero attached hydrogens (tertiary/aromatic N) is 8. The average Bonchev–Trinajstić information content (AvgIpc) is 3.74. The topological polar surface area (TPSA) is 129 Å². The number of benzene rings is 1. The number of aliphatic imine (C=N–C) groups is 1. The van der Waals surface area contributed by atoms with Crippen LogP contribution in [0.5, 0.6) is 0 Å². The Labute approximate surface area is 228 Å². The molecule has 0 atom stereocenters. The molecule has 1 aliphatic heterocycles. The Kier molecular flexibility index (Phi) is 6.02. The molecule has 6 aromatic rings. The van der Waals surface area contributed by atoms with Gasteiger partial charge in [0.05, 0.1) is 33.9 Å². The lowest BCUT2D eigenvalue weighted by Crippen LogP contribution is -1.92. The predicted octanol–water partition coefficient (Wildman–Crippen LogP) is 6.18. The highest BCUT2D eigenvalue weighted by molar-refractivity contribution is 5.75. The minimum Gasteiger partial charge on any atom is -0.416 e. The molecule has 0 saturated heterocycles. The minimum atomic E-state index is 0.366. The van der Waals surface area contributed by atoms with Gasteiger partial charge >= 0.3 is 0 Å². The summed E-state index contributed by atoms with van der Waals surface area (Å²) in [6, 6.07) is 20.8. The van der Waals surface area contributed by atoms with E-state index in [1.165, 1.54) is 0 Å². The van der Waals surface area contributed by atoms with Gasteiger partial charge in [-0.1, -0.05) is 18.2 Å². The van der Waals surface area contributed by atoms with Crippen molar-refractivity contribution in [1.29, 1.82) is 0 Å². The molecule has 10 heteroatoms. The highest BCUT2D eigenvalue weighted by Crippen LogP contribution is 2.30. The van der Waals surface area contributed by atoms with E-state index in [-0.39, 0.29) is 0 Å². The Hall–Kier alpha value is -5.64. The molecule has 7 rings (SSSR count). The third kappa shape index (κ3) is 4.69. The van der Waals surface area contributed by atoms with Gasteiger partial charge < -0.3 is 8.83 Å². The maximum Gasteiger partial charge on any atom is 0.249 e. The molecule has 0 spiro atoms. The van der Waals surface area contributed by atoms with Crippen LogP contribution in [-0.4, -0.2) is 41.6 Å². The fourth-order valence-corrected chi connectivity index (χ4v) is 4.24. The van der Waals surface area contributed by atoms with E-state index in [2.05, 4.69) is 46.4 Å². The highest BCUT2D eigenvalue weighted by Gasteiger charge is 2.16. The van der Waals surface area contributed by atoms with Gasteiger partial charge in [-0.15, -0.1) is 20.4 Å². The summed E-state index contributed by atoms with van der Waals surface area (Å²) >= 11 is 0. The molecular weight excluding hydrogens is 504 g/mol. The van der Waals surface area contributed by atoms with E-state index in [1.54, 1.807) is 18.6 Å². The summed E-state index contributed by atoms with van der Waals surface area (Å²) in [5.41, 5.74) is 6.13. The van der Waals surface area contributed by atoms with Crippen molar-refractivity contribution in [3.05, 3.63) is 97.1 Å². The van der Waals surface area contributed by atoms with Gasteiger partial charge in [0.2, 0.25) is 23.6 Å². The monoisotopic (exact) mass is 524 g/mol. The second-order valence-electron chi connectivity index (χ2n) is 8.96. The molecule has 0 radical (unpaired) electrons. The van der Waals surface area contributed by atoms with Crippen LogP contribution < -0.4 is 0 Å². The van der Waals surface area contributed by atoms with Gasteiger partial charge in [0, 0.05) is 35.9 Å². The van der Waals surface area contributed by atoms with Crippen LogP contribution in [0.15, 0.2) is 105 Å². The number of hydrogen-bond donors (Lipinski definition) is 0. The Morgan fingerprint density at radius 3 is 1.70 bits per heavy atom. The predicted molar refractivity (Wildman–Crippen MR) is 148 cm³/mol. The van der Waals surface area contributed by atoms with Crippen molar-refractivity contribution < 1.29 is 8.83 Å². The number of hydrogen-bond acceptors (Lipinski definition) is 10. The van der Waals surface area contributed by atoms with Crippen LogP contribution in [0.3, 0.4) is 0 Å². The van der Waals surface area contributed by atoms with Gasteiger partial charge in [-0.05, 0) is 67.4 Å². The van der Waals surface area contributed by atoms with Crippen molar-refractivity contribution in [3.8, 4) is 57.2 Å². The van der Waals surface area contributed by atoms with Crippen molar-refractivity contribution in [2.24, 2.45) is 4.99 Å². The third-order valence-corrected chi connectivity index (χ3v) is 6.28. The van der Waals surface area contributed by atoms with E-state index in [0.29, 0.717) is 29.1 Å². The molecule has 1 aromatic carbocycles. The molecule has 40 heavy (non-hydrogen) atoms. The first-order valence-electron chi connectivity index (χ1n) is 12.7. The molecule has 0 saturated carbocycles. The minimum absolute atomic E-state index is 0.366. The SMILES string of the molecule is C1=NC(c2ccc(-c3nnc(-c4cccc(-c5nnc(-c6ccc(-c7ccccn7)nc6)o5)c4)o3)cn2)=CCC1. The van der Waals surface area contributed by atoms with Crippen LogP contribution in [0.2, 0.25) is 0 Å². The Morgan fingerprint density at radius 2 is 1.15 bits per heavy atom. The fourth-order valence-electron chi connectivity index (χ4n) is 4.24. The Balaban J connectivity index is 1.10. The Bertz CT molecular complexity index is 1840. The lowest BCUT2D eigenvalue weighted by atomic mass is 10.1. The van der Waals surface area contributed by atoms with Crippen LogP contribution in [0, 0.1) is 0 Å². The van der Waals surface area contributed by atoms with Gasteiger partial charge in [-0.2, -0.15) is 0 Å². The van der Waals surface area contributed by atoms with Crippen LogP contribution in [-0.2, 0) is 0 Å². The van der Waals surface area contributed by atoms with Crippen LogP contribution >= 0.6 is 0 Å². The van der Waals surface area contributed by atoms with E-state index in [9.17, 15) is 0 Å². The normalized spacial score (nSPS) is 12.8. The Morgan fingerprint density at radius 1 is 0.525 bits per heavy atom. The molecule has 1 aliphatic rings. The van der Waals surface area contributed by atoms with Gasteiger partial charge in [0.25, 0.3) is 0 Å². The largest absolute Gasteiger partial charge is 0.416 e. The maximum absolute atomic E-state index is 5.97. The number of rotatable bonds is 6. The molecule has 0 fully saturated rings. The summed E-state index contributed by atoms with van der Waals surface area (Å²) in [6.07, 6.45) is 11.1. The molecule has 0 amide bonds. The summed E-state index contributed by atoms with van der Waals surface area (Å²) in [6.45, 7) is 0. The lowest BCUT2D eigenvalue weighted by molar-refractivity contribution is 0.582. The average molecular weight is 525 g/mol. The van der Waals surface area contributed by atoms with Gasteiger partial charge in [-0.3, -0.25) is 19.9 Å². The summed E-state index contributed by atoms with van der Waals surface area (Å²) < 4.78 is 11.9. The van der Waals surface area contributed by atoms with Crippen LogP contribution in [0.25, 0.3) is 62.9 Å². The lowest BCUT2D eigenvalue weighted by Gasteiger charge is -2.05. The zero-order chi connectivity index (χ0) is 26.7. The zero-order valence-corrected chi connectivity index (χ0v) is 21.0. The first kappa shape index (κ1) is 23.5. The number of pyridine rings is 3. The van der Waals surface area contributed by atoms with Crippen molar-refractivity contribution in [3.63, 3.8) is 0 Å². The molecule has 6 heterocycles. The standard InChI is InChI=1S/C30H20N8O2/c1-3-14-31-23(8-1)25-12-10-21(17-33-25)29-37-35-27(39-29)19-6-5-7-20(16-19)28-36-38-30(40-28)22-11-13-26(34-18-22)24-9-2-4-15-32-24/h1,3,5-18H,2,4H2. The summed E-state index contributed by atoms with van der Waals surface area (Å²) in [5, 5.41) is 16.9.